The van der Waals surface area contributed by atoms with Crippen LogP contribution in [0.15, 0.2) is 40.9 Å². The van der Waals surface area contributed by atoms with Gasteiger partial charge in [-0.1, -0.05) is 28.1 Å². The molecule has 0 aliphatic carbocycles. The van der Waals surface area contributed by atoms with Gasteiger partial charge in [-0.25, -0.2) is 4.39 Å². The van der Waals surface area contributed by atoms with Crippen molar-refractivity contribution in [2.75, 3.05) is 13.2 Å². The Kier molecular flexibility index (Phi) is 4.50. The first-order valence-electron chi connectivity index (χ1n) is 6.64. The van der Waals surface area contributed by atoms with Crippen molar-refractivity contribution in [3.05, 3.63) is 57.8 Å². The molecule has 3 rings (SSSR count). The predicted molar refractivity (Wildman–Crippen MR) is 86.9 cm³/mol. The third kappa shape index (κ3) is 3.24. The molecule has 1 heterocycles. The van der Waals surface area contributed by atoms with E-state index in [2.05, 4.69) is 31.9 Å². The van der Waals surface area contributed by atoms with Gasteiger partial charge in [0.15, 0.2) is 11.5 Å². The zero-order valence-corrected chi connectivity index (χ0v) is 14.3. The summed E-state index contributed by atoms with van der Waals surface area (Å²) in [6, 6.07) is 10.9. The highest BCUT2D eigenvalue weighted by Crippen LogP contribution is 2.38. The van der Waals surface area contributed by atoms with Gasteiger partial charge in [0.05, 0.1) is 22.5 Å². The van der Waals surface area contributed by atoms with E-state index in [1.807, 2.05) is 24.3 Å². The largest absolute Gasteiger partial charge is 0.490 e. The lowest BCUT2D eigenvalue weighted by molar-refractivity contribution is 0.297. The molecule has 110 valence electrons. The first kappa shape index (κ1) is 14.9. The monoisotopic (exact) mass is 414 g/mol. The van der Waals surface area contributed by atoms with Crippen LogP contribution >= 0.6 is 31.9 Å². The fourth-order valence-corrected chi connectivity index (χ4v) is 3.02. The van der Waals surface area contributed by atoms with E-state index in [0.29, 0.717) is 17.7 Å². The van der Waals surface area contributed by atoms with Crippen LogP contribution in [0.2, 0.25) is 0 Å². The number of halogens is 3. The molecule has 1 atom stereocenters. The Bertz CT molecular complexity index is 661. The molecular formula is C16H13Br2FO2. The topological polar surface area (TPSA) is 18.5 Å². The normalized spacial score (nSPS) is 15.4. The van der Waals surface area contributed by atoms with E-state index >= 15 is 0 Å². The van der Waals surface area contributed by atoms with Gasteiger partial charge in [-0.3, -0.25) is 0 Å². The van der Waals surface area contributed by atoms with Gasteiger partial charge >= 0.3 is 0 Å². The molecular weight excluding hydrogens is 403 g/mol. The van der Waals surface area contributed by atoms with E-state index in [1.54, 1.807) is 6.07 Å². The summed E-state index contributed by atoms with van der Waals surface area (Å²) in [7, 11) is 0. The van der Waals surface area contributed by atoms with Crippen molar-refractivity contribution in [1.29, 1.82) is 0 Å². The quantitative estimate of drug-likeness (QED) is 0.625. The van der Waals surface area contributed by atoms with Gasteiger partial charge in [0.2, 0.25) is 0 Å². The molecule has 0 aromatic heterocycles. The average Bonchev–Trinajstić information content (AvgIpc) is 2.73. The molecule has 5 heteroatoms. The summed E-state index contributed by atoms with van der Waals surface area (Å²) in [6.45, 7) is 1.32. The molecule has 21 heavy (non-hydrogen) atoms. The smallest absolute Gasteiger partial charge is 0.161 e. The van der Waals surface area contributed by atoms with Crippen LogP contribution in [-0.2, 0) is 0 Å². The second kappa shape index (κ2) is 6.36. The Morgan fingerprint density at radius 2 is 1.62 bits per heavy atom. The lowest BCUT2D eigenvalue weighted by Crippen LogP contribution is -1.98. The summed E-state index contributed by atoms with van der Waals surface area (Å²) in [5, 5.41) is 0. The number of fused-ring (bicyclic) bond motifs is 1. The summed E-state index contributed by atoms with van der Waals surface area (Å²) in [5.41, 5.74) is 1.85. The van der Waals surface area contributed by atoms with Crippen molar-refractivity contribution in [2.24, 2.45) is 0 Å². The second-order valence-electron chi connectivity index (χ2n) is 4.79. The maximum atomic E-state index is 13.7. The minimum Gasteiger partial charge on any atom is -0.490 e. The summed E-state index contributed by atoms with van der Waals surface area (Å²) in [4.78, 5) is -0.0998. The van der Waals surface area contributed by atoms with Crippen LogP contribution in [-0.4, -0.2) is 13.2 Å². The van der Waals surface area contributed by atoms with Crippen LogP contribution in [0.4, 0.5) is 4.39 Å². The van der Waals surface area contributed by atoms with Crippen molar-refractivity contribution in [2.45, 2.75) is 11.2 Å². The fourth-order valence-electron chi connectivity index (χ4n) is 2.20. The second-order valence-corrected chi connectivity index (χ2v) is 6.56. The molecule has 2 nitrogen and oxygen atoms in total. The molecule has 0 N–H and O–H groups in total. The van der Waals surface area contributed by atoms with Gasteiger partial charge in [0.1, 0.15) is 5.82 Å². The van der Waals surface area contributed by atoms with Crippen molar-refractivity contribution < 1.29 is 13.9 Å². The SMILES string of the molecule is Fc1cc(C(Br)c2ccc3c(c2)OCCCO3)ccc1Br. The number of ether oxygens (including phenoxy) is 2. The third-order valence-corrected chi connectivity index (χ3v) is 5.00. The molecule has 0 saturated heterocycles. The Balaban J connectivity index is 1.92. The third-order valence-electron chi connectivity index (χ3n) is 3.30. The van der Waals surface area contributed by atoms with Gasteiger partial charge in [0.25, 0.3) is 0 Å². The number of hydrogen-bond donors (Lipinski definition) is 0. The van der Waals surface area contributed by atoms with E-state index in [4.69, 9.17) is 9.47 Å². The molecule has 0 amide bonds. The molecule has 0 saturated carbocycles. The standard InChI is InChI=1S/C16H13Br2FO2/c17-12-4-2-10(8-13(12)19)16(18)11-3-5-14-15(9-11)21-7-1-6-20-14/h2-5,8-9,16H,1,6-7H2. The first-order chi connectivity index (χ1) is 10.1. The highest BCUT2D eigenvalue weighted by atomic mass is 79.9. The fraction of sp³-hybridized carbons (Fsp3) is 0.250. The van der Waals surface area contributed by atoms with Gasteiger partial charge in [-0.15, -0.1) is 0 Å². The summed E-state index contributed by atoms with van der Waals surface area (Å²) in [5.74, 6) is 1.23. The van der Waals surface area contributed by atoms with Crippen molar-refractivity contribution >= 4 is 31.9 Å². The Hall–Kier alpha value is -1.07. The molecule has 2 aromatic carbocycles. The van der Waals surface area contributed by atoms with Crippen LogP contribution in [0.25, 0.3) is 0 Å². The van der Waals surface area contributed by atoms with Crippen molar-refractivity contribution in [1.82, 2.24) is 0 Å². The summed E-state index contributed by atoms with van der Waals surface area (Å²) < 4.78 is 25.4. The van der Waals surface area contributed by atoms with Gasteiger partial charge in [-0.2, -0.15) is 0 Å². The number of alkyl halides is 1. The Morgan fingerprint density at radius 1 is 0.952 bits per heavy atom. The Morgan fingerprint density at radius 3 is 2.38 bits per heavy atom. The number of rotatable bonds is 2. The molecule has 2 aromatic rings. The van der Waals surface area contributed by atoms with E-state index in [9.17, 15) is 4.39 Å². The molecule has 1 aliphatic heterocycles. The zero-order valence-electron chi connectivity index (χ0n) is 11.1. The highest BCUT2D eigenvalue weighted by molar-refractivity contribution is 9.10. The molecule has 0 spiro atoms. The van der Waals surface area contributed by atoms with Crippen LogP contribution in [0.1, 0.15) is 22.4 Å². The minimum absolute atomic E-state index is 0.0998. The van der Waals surface area contributed by atoms with Gasteiger partial charge < -0.3 is 9.47 Å². The van der Waals surface area contributed by atoms with Crippen LogP contribution < -0.4 is 9.47 Å². The van der Waals surface area contributed by atoms with Crippen LogP contribution in [0.5, 0.6) is 11.5 Å². The van der Waals surface area contributed by atoms with Crippen LogP contribution in [0.3, 0.4) is 0 Å². The molecule has 0 radical (unpaired) electrons. The molecule has 0 bridgehead atoms. The van der Waals surface area contributed by atoms with Gasteiger partial charge in [0, 0.05) is 6.42 Å². The summed E-state index contributed by atoms with van der Waals surface area (Å²) in [6.07, 6.45) is 0.875. The minimum atomic E-state index is -0.272. The van der Waals surface area contributed by atoms with Gasteiger partial charge in [-0.05, 0) is 51.3 Å². The first-order valence-corrected chi connectivity index (χ1v) is 8.34. The Labute approximate surface area is 139 Å². The summed E-state index contributed by atoms with van der Waals surface area (Å²) >= 11 is 6.79. The maximum Gasteiger partial charge on any atom is 0.161 e. The lowest BCUT2D eigenvalue weighted by atomic mass is 10.0. The highest BCUT2D eigenvalue weighted by Gasteiger charge is 2.16. The zero-order chi connectivity index (χ0) is 14.8. The van der Waals surface area contributed by atoms with Crippen LogP contribution in [0, 0.1) is 5.82 Å². The van der Waals surface area contributed by atoms with E-state index in [1.165, 1.54) is 6.07 Å². The average molecular weight is 416 g/mol. The maximum absolute atomic E-state index is 13.7. The van der Waals surface area contributed by atoms with Crippen molar-refractivity contribution in [3.8, 4) is 11.5 Å². The number of hydrogen-bond acceptors (Lipinski definition) is 2. The predicted octanol–water partition coefficient (Wildman–Crippen LogP) is 5.23. The molecule has 1 aliphatic rings. The van der Waals surface area contributed by atoms with E-state index in [0.717, 1.165) is 29.0 Å². The molecule has 0 fully saturated rings. The van der Waals surface area contributed by atoms with Crippen molar-refractivity contribution in [3.63, 3.8) is 0 Å². The van der Waals surface area contributed by atoms with E-state index < -0.39 is 0 Å². The number of benzene rings is 2. The molecule has 1 unspecified atom stereocenters. The lowest BCUT2D eigenvalue weighted by Gasteiger charge is -2.14. The van der Waals surface area contributed by atoms with E-state index in [-0.39, 0.29) is 10.6 Å².